The third-order valence-electron chi connectivity index (χ3n) is 5.19. The van der Waals surface area contributed by atoms with E-state index >= 15 is 0 Å². The zero-order valence-electron chi connectivity index (χ0n) is 17.2. The van der Waals surface area contributed by atoms with E-state index in [4.69, 9.17) is 14.5 Å². The van der Waals surface area contributed by atoms with Gasteiger partial charge in [-0.25, -0.2) is 18.5 Å². The standard InChI is InChI=1S/C21H30N4O3S.HI/c1-16-4-2-5-18(14-16)25-21(23-12-11-19-6-3-13-28-19)24-15-17-7-9-20(10-8-17)29(22,26)27;/h3,6-10,13,16,18H,2,4-5,11-12,14-15H2,1H3,(H2,22,26,27)(H2,23,24,25);1H. The Hall–Kier alpha value is -1.59. The number of sulfonamides is 1. The summed E-state index contributed by atoms with van der Waals surface area (Å²) in [5.74, 6) is 2.42. The Bertz CT molecular complexity index is 899. The second kappa shape index (κ2) is 11.7. The average molecular weight is 546 g/mol. The molecule has 3 rings (SSSR count). The van der Waals surface area contributed by atoms with Gasteiger partial charge in [0.2, 0.25) is 10.0 Å². The molecule has 30 heavy (non-hydrogen) atoms. The Kier molecular flexibility index (Phi) is 9.63. The van der Waals surface area contributed by atoms with Crippen molar-refractivity contribution in [1.29, 1.82) is 0 Å². The molecule has 0 radical (unpaired) electrons. The fourth-order valence-corrected chi connectivity index (χ4v) is 4.14. The van der Waals surface area contributed by atoms with E-state index in [9.17, 15) is 8.42 Å². The van der Waals surface area contributed by atoms with Crippen molar-refractivity contribution in [3.8, 4) is 0 Å². The fourth-order valence-electron chi connectivity index (χ4n) is 3.62. The van der Waals surface area contributed by atoms with Crippen LogP contribution < -0.4 is 15.8 Å². The van der Waals surface area contributed by atoms with Crippen molar-refractivity contribution in [2.45, 2.75) is 56.5 Å². The van der Waals surface area contributed by atoms with E-state index in [0.29, 0.717) is 19.1 Å². The van der Waals surface area contributed by atoms with Crippen molar-refractivity contribution in [2.24, 2.45) is 16.0 Å². The highest BCUT2D eigenvalue weighted by Gasteiger charge is 2.19. The molecule has 1 aliphatic rings. The maximum Gasteiger partial charge on any atom is 0.238 e. The maximum atomic E-state index is 11.4. The summed E-state index contributed by atoms with van der Waals surface area (Å²) in [4.78, 5) is 4.81. The van der Waals surface area contributed by atoms with Gasteiger partial charge < -0.3 is 15.1 Å². The Morgan fingerprint density at radius 3 is 2.63 bits per heavy atom. The van der Waals surface area contributed by atoms with Crippen LogP contribution in [0.1, 0.15) is 43.9 Å². The first-order valence-electron chi connectivity index (χ1n) is 10.1. The van der Waals surface area contributed by atoms with E-state index in [0.717, 1.165) is 42.5 Å². The lowest BCUT2D eigenvalue weighted by Crippen LogP contribution is -2.45. The first-order chi connectivity index (χ1) is 13.9. The SMILES string of the molecule is CC1CCCC(NC(=NCc2ccc(S(N)(=O)=O)cc2)NCCc2ccco2)C1.I. The number of aliphatic imine (C=N–C) groups is 1. The van der Waals surface area contributed by atoms with E-state index in [1.54, 1.807) is 18.4 Å². The summed E-state index contributed by atoms with van der Waals surface area (Å²) in [7, 11) is -3.68. The number of nitrogens with one attached hydrogen (secondary N) is 2. The molecule has 0 amide bonds. The first-order valence-corrected chi connectivity index (χ1v) is 11.6. The molecule has 7 nitrogen and oxygen atoms in total. The molecule has 1 saturated carbocycles. The molecule has 2 aromatic rings. The zero-order chi connectivity index (χ0) is 20.7. The van der Waals surface area contributed by atoms with Crippen molar-refractivity contribution in [1.82, 2.24) is 10.6 Å². The highest BCUT2D eigenvalue weighted by Crippen LogP contribution is 2.23. The molecule has 1 aliphatic carbocycles. The monoisotopic (exact) mass is 546 g/mol. The van der Waals surface area contributed by atoms with Gasteiger partial charge in [-0.3, -0.25) is 0 Å². The summed E-state index contributed by atoms with van der Waals surface area (Å²) in [6, 6.07) is 10.8. The van der Waals surface area contributed by atoms with Gasteiger partial charge in [0, 0.05) is 19.0 Å². The van der Waals surface area contributed by atoms with Gasteiger partial charge in [0.1, 0.15) is 5.76 Å². The van der Waals surface area contributed by atoms with Crippen LogP contribution in [0.25, 0.3) is 0 Å². The van der Waals surface area contributed by atoms with Gasteiger partial charge in [-0.15, -0.1) is 24.0 Å². The summed E-state index contributed by atoms with van der Waals surface area (Å²) in [6.07, 6.45) is 7.25. The lowest BCUT2D eigenvalue weighted by atomic mass is 9.87. The van der Waals surface area contributed by atoms with Crippen LogP contribution >= 0.6 is 24.0 Å². The zero-order valence-corrected chi connectivity index (χ0v) is 20.4. The predicted octanol–water partition coefficient (Wildman–Crippen LogP) is 3.40. The second-order valence-electron chi connectivity index (χ2n) is 7.72. The summed E-state index contributed by atoms with van der Waals surface area (Å²) < 4.78 is 28.2. The largest absolute Gasteiger partial charge is 0.469 e. The maximum absolute atomic E-state index is 11.4. The van der Waals surface area contributed by atoms with Crippen molar-refractivity contribution in [2.75, 3.05) is 6.54 Å². The van der Waals surface area contributed by atoms with Crippen LogP contribution in [-0.4, -0.2) is 27.0 Å². The summed E-state index contributed by atoms with van der Waals surface area (Å²) in [5, 5.41) is 12.1. The Morgan fingerprint density at radius 2 is 2.00 bits per heavy atom. The van der Waals surface area contributed by atoms with Crippen molar-refractivity contribution >= 4 is 40.0 Å². The van der Waals surface area contributed by atoms with Gasteiger partial charge in [0.25, 0.3) is 0 Å². The van der Waals surface area contributed by atoms with Gasteiger partial charge in [-0.1, -0.05) is 31.9 Å². The molecule has 0 bridgehead atoms. The van der Waals surface area contributed by atoms with Crippen LogP contribution in [0.5, 0.6) is 0 Å². The van der Waals surface area contributed by atoms with Crippen molar-refractivity contribution < 1.29 is 12.8 Å². The van der Waals surface area contributed by atoms with Crippen LogP contribution in [0, 0.1) is 5.92 Å². The van der Waals surface area contributed by atoms with Gasteiger partial charge in [0.15, 0.2) is 5.96 Å². The van der Waals surface area contributed by atoms with Gasteiger partial charge in [-0.2, -0.15) is 0 Å². The van der Waals surface area contributed by atoms with E-state index in [1.807, 2.05) is 12.1 Å². The predicted molar refractivity (Wildman–Crippen MR) is 129 cm³/mol. The van der Waals surface area contributed by atoms with E-state index in [-0.39, 0.29) is 28.9 Å². The van der Waals surface area contributed by atoms with Gasteiger partial charge >= 0.3 is 0 Å². The molecule has 1 fully saturated rings. The Labute approximate surface area is 196 Å². The number of nitrogens with zero attached hydrogens (tertiary/aromatic N) is 1. The second-order valence-corrected chi connectivity index (χ2v) is 9.28. The third-order valence-corrected chi connectivity index (χ3v) is 6.12. The smallest absolute Gasteiger partial charge is 0.238 e. The van der Waals surface area contributed by atoms with E-state index in [1.165, 1.54) is 25.0 Å². The number of hydrogen-bond donors (Lipinski definition) is 3. The number of hydrogen-bond acceptors (Lipinski definition) is 4. The van der Waals surface area contributed by atoms with Gasteiger partial charge in [-0.05, 0) is 48.6 Å². The highest BCUT2D eigenvalue weighted by atomic mass is 127. The number of benzene rings is 1. The number of guanidine groups is 1. The van der Waals surface area contributed by atoms with Crippen LogP contribution in [0.4, 0.5) is 0 Å². The lowest BCUT2D eigenvalue weighted by molar-refractivity contribution is 0.324. The molecule has 0 saturated heterocycles. The molecular weight excluding hydrogens is 515 g/mol. The Morgan fingerprint density at radius 1 is 1.23 bits per heavy atom. The molecule has 1 heterocycles. The minimum absolute atomic E-state index is 0. The topological polar surface area (TPSA) is 110 Å². The summed E-state index contributed by atoms with van der Waals surface area (Å²) in [6.45, 7) is 3.46. The molecular formula is C21H31IN4O3S. The average Bonchev–Trinajstić information content (AvgIpc) is 3.19. The minimum atomic E-state index is -3.68. The van der Waals surface area contributed by atoms with E-state index in [2.05, 4.69) is 17.6 Å². The minimum Gasteiger partial charge on any atom is -0.469 e. The van der Waals surface area contributed by atoms with Crippen LogP contribution in [0.3, 0.4) is 0 Å². The van der Waals surface area contributed by atoms with Crippen LogP contribution in [0.15, 0.2) is 57.0 Å². The first kappa shape index (κ1) is 24.7. The number of furan rings is 1. The number of primary sulfonamides is 1. The highest BCUT2D eigenvalue weighted by molar-refractivity contribution is 14.0. The van der Waals surface area contributed by atoms with Crippen LogP contribution in [-0.2, 0) is 23.0 Å². The number of nitrogens with two attached hydrogens (primary N) is 1. The Balaban J connectivity index is 0.00000320. The molecule has 166 valence electrons. The molecule has 0 aliphatic heterocycles. The van der Waals surface area contributed by atoms with Gasteiger partial charge in [0.05, 0.1) is 17.7 Å². The lowest BCUT2D eigenvalue weighted by Gasteiger charge is -2.29. The number of halogens is 1. The molecule has 0 spiro atoms. The summed E-state index contributed by atoms with van der Waals surface area (Å²) in [5.41, 5.74) is 0.918. The normalized spacial score (nSPS) is 19.7. The molecule has 1 aromatic carbocycles. The quantitative estimate of drug-likeness (QED) is 0.280. The number of rotatable bonds is 7. The molecule has 2 unspecified atom stereocenters. The molecule has 1 aromatic heterocycles. The fraction of sp³-hybridized carbons (Fsp3) is 0.476. The molecule has 9 heteroatoms. The van der Waals surface area contributed by atoms with Crippen molar-refractivity contribution in [3.63, 3.8) is 0 Å². The third kappa shape index (κ3) is 7.92. The summed E-state index contributed by atoms with van der Waals surface area (Å²) >= 11 is 0. The molecule has 4 N–H and O–H groups in total. The van der Waals surface area contributed by atoms with Crippen molar-refractivity contribution in [3.05, 3.63) is 54.0 Å². The van der Waals surface area contributed by atoms with Crippen LogP contribution in [0.2, 0.25) is 0 Å². The van der Waals surface area contributed by atoms with E-state index < -0.39 is 10.0 Å². The molecule has 2 atom stereocenters.